The third-order valence-electron chi connectivity index (χ3n) is 5.67. The van der Waals surface area contributed by atoms with Crippen LogP contribution in [0.2, 0.25) is 0 Å². The van der Waals surface area contributed by atoms with Gasteiger partial charge in [-0.2, -0.15) is 0 Å². The summed E-state index contributed by atoms with van der Waals surface area (Å²) in [6.07, 6.45) is 3.33. The molecule has 0 unspecified atom stereocenters. The zero-order chi connectivity index (χ0) is 19.7. The predicted octanol–water partition coefficient (Wildman–Crippen LogP) is 4.60. The van der Waals surface area contributed by atoms with Crippen LogP contribution in [-0.4, -0.2) is 38.0 Å². The van der Waals surface area contributed by atoms with Crippen molar-refractivity contribution in [1.82, 2.24) is 20.2 Å². The number of benzene rings is 1. The number of hydrogen-bond donors (Lipinski definition) is 1. The van der Waals surface area contributed by atoms with Crippen molar-refractivity contribution >= 4 is 39.8 Å². The summed E-state index contributed by atoms with van der Waals surface area (Å²) < 4.78 is 5.85. The van der Waals surface area contributed by atoms with E-state index in [9.17, 15) is 4.79 Å². The number of aromatic nitrogens is 4. The first kappa shape index (κ1) is 19.2. The van der Waals surface area contributed by atoms with Crippen LogP contribution in [0.25, 0.3) is 22.1 Å². The molecule has 1 aliphatic rings. The maximum Gasteiger partial charge on any atom is 0.316 e. The molecule has 1 fully saturated rings. The minimum absolute atomic E-state index is 0.0204. The fourth-order valence-corrected chi connectivity index (χ4v) is 4.71. The molecule has 0 saturated heterocycles. The summed E-state index contributed by atoms with van der Waals surface area (Å²) >= 11 is 1.27. The maximum absolute atomic E-state index is 12.4. The van der Waals surface area contributed by atoms with Crippen LogP contribution in [0.4, 0.5) is 0 Å². The van der Waals surface area contributed by atoms with Crippen molar-refractivity contribution in [2.45, 2.75) is 51.3 Å². The fraction of sp³-hybridized carbons (Fsp3) is 0.524. The number of hydrogen-bond acceptors (Lipinski definition) is 6. The van der Waals surface area contributed by atoms with Crippen molar-refractivity contribution in [2.24, 2.45) is 17.8 Å². The van der Waals surface area contributed by atoms with Gasteiger partial charge >= 0.3 is 5.97 Å². The summed E-state index contributed by atoms with van der Waals surface area (Å²) in [5.41, 5.74) is 2.42. The molecule has 3 atom stereocenters. The Balaban J connectivity index is 1.40. The number of aromatic amines is 1. The Morgan fingerprint density at radius 1 is 1.29 bits per heavy atom. The molecule has 1 aliphatic carbocycles. The molecule has 2 heterocycles. The van der Waals surface area contributed by atoms with E-state index in [0.717, 1.165) is 29.3 Å². The summed E-state index contributed by atoms with van der Waals surface area (Å²) in [6, 6.07) is 7.91. The summed E-state index contributed by atoms with van der Waals surface area (Å²) in [5.74, 6) is 1.58. The summed E-state index contributed by atoms with van der Waals surface area (Å²) in [4.78, 5) is 20.2. The molecule has 3 aromatic rings. The highest BCUT2D eigenvalue weighted by molar-refractivity contribution is 7.99. The number of nitrogens with one attached hydrogen (secondary N) is 1. The van der Waals surface area contributed by atoms with E-state index < -0.39 is 0 Å². The van der Waals surface area contributed by atoms with Crippen molar-refractivity contribution in [3.8, 4) is 0 Å². The van der Waals surface area contributed by atoms with Gasteiger partial charge in [-0.1, -0.05) is 57.2 Å². The van der Waals surface area contributed by atoms with Crippen LogP contribution in [0, 0.1) is 17.8 Å². The SMILES string of the molecule is CC(C)[C@H]1CC[C@@H](C)C[C@@H]1OC(=O)CSc1nnc2c(n1)[nH]c1ccccc12. The topological polar surface area (TPSA) is 80.8 Å². The maximum atomic E-state index is 12.4. The van der Waals surface area contributed by atoms with E-state index in [-0.39, 0.29) is 17.8 Å². The van der Waals surface area contributed by atoms with Gasteiger partial charge in [-0.25, -0.2) is 4.98 Å². The van der Waals surface area contributed by atoms with Gasteiger partial charge in [0.15, 0.2) is 5.65 Å². The molecular formula is C21H26N4O2S. The third kappa shape index (κ3) is 3.99. The van der Waals surface area contributed by atoms with E-state index in [1.165, 1.54) is 18.2 Å². The van der Waals surface area contributed by atoms with Crippen LogP contribution < -0.4 is 0 Å². The standard InChI is InChI=1S/C21H26N4O2S/c1-12(2)14-9-8-13(3)10-17(14)27-18(26)11-28-21-23-20-19(24-25-21)15-6-4-5-7-16(15)22-20/h4-7,12-14,17H,8-11H2,1-3H3,(H,22,23,25)/t13-,14-,17+/m1/s1. The number of H-pyrrole nitrogens is 1. The van der Waals surface area contributed by atoms with E-state index in [2.05, 4.69) is 40.9 Å². The molecule has 4 rings (SSSR count). The highest BCUT2D eigenvalue weighted by Crippen LogP contribution is 2.35. The Labute approximate surface area is 168 Å². The average Bonchev–Trinajstić information content (AvgIpc) is 3.04. The molecular weight excluding hydrogens is 372 g/mol. The molecule has 28 heavy (non-hydrogen) atoms. The Morgan fingerprint density at radius 3 is 2.93 bits per heavy atom. The van der Waals surface area contributed by atoms with Gasteiger partial charge in [0.05, 0.1) is 5.75 Å². The molecule has 0 radical (unpaired) electrons. The van der Waals surface area contributed by atoms with Gasteiger partial charge < -0.3 is 9.72 Å². The first-order chi connectivity index (χ1) is 13.5. The van der Waals surface area contributed by atoms with E-state index >= 15 is 0 Å². The lowest BCUT2D eigenvalue weighted by Crippen LogP contribution is -2.36. The van der Waals surface area contributed by atoms with Crippen LogP contribution in [0.5, 0.6) is 0 Å². The monoisotopic (exact) mass is 398 g/mol. The molecule has 1 N–H and O–H groups in total. The number of rotatable bonds is 5. The molecule has 1 aromatic carbocycles. The lowest BCUT2D eigenvalue weighted by atomic mass is 9.75. The second-order valence-electron chi connectivity index (χ2n) is 8.11. The van der Waals surface area contributed by atoms with Gasteiger partial charge in [0.25, 0.3) is 0 Å². The van der Waals surface area contributed by atoms with Crippen molar-refractivity contribution in [3.05, 3.63) is 24.3 Å². The quantitative estimate of drug-likeness (QED) is 0.500. The molecule has 0 bridgehead atoms. The summed E-state index contributed by atoms with van der Waals surface area (Å²) in [5, 5.41) is 9.95. The number of carbonyl (C=O) groups excluding carboxylic acids is 1. The van der Waals surface area contributed by atoms with Crippen molar-refractivity contribution in [3.63, 3.8) is 0 Å². The summed E-state index contributed by atoms with van der Waals surface area (Å²) in [7, 11) is 0. The minimum Gasteiger partial charge on any atom is -0.461 e. The highest BCUT2D eigenvalue weighted by atomic mass is 32.2. The zero-order valence-electron chi connectivity index (χ0n) is 16.5. The smallest absolute Gasteiger partial charge is 0.316 e. The van der Waals surface area contributed by atoms with Gasteiger partial charge in [-0.05, 0) is 36.7 Å². The van der Waals surface area contributed by atoms with E-state index in [4.69, 9.17) is 4.74 Å². The predicted molar refractivity (Wildman–Crippen MR) is 111 cm³/mol. The number of esters is 1. The number of para-hydroxylation sites is 1. The third-order valence-corrected chi connectivity index (χ3v) is 6.48. The normalized spacial score (nSPS) is 22.8. The number of ether oxygens (including phenoxy) is 1. The van der Waals surface area contributed by atoms with Crippen LogP contribution >= 0.6 is 11.8 Å². The molecule has 0 aliphatic heterocycles. The second kappa shape index (κ2) is 8.07. The van der Waals surface area contributed by atoms with Crippen LogP contribution in [0.1, 0.15) is 40.0 Å². The Morgan fingerprint density at radius 2 is 2.11 bits per heavy atom. The van der Waals surface area contributed by atoms with Crippen LogP contribution in [0.3, 0.4) is 0 Å². The van der Waals surface area contributed by atoms with Crippen molar-refractivity contribution in [2.75, 3.05) is 5.75 Å². The minimum atomic E-state index is -0.199. The zero-order valence-corrected chi connectivity index (χ0v) is 17.3. The Hall–Kier alpha value is -2.15. The molecule has 2 aromatic heterocycles. The molecule has 6 nitrogen and oxygen atoms in total. The summed E-state index contributed by atoms with van der Waals surface area (Å²) in [6.45, 7) is 6.66. The second-order valence-corrected chi connectivity index (χ2v) is 9.05. The van der Waals surface area contributed by atoms with Crippen LogP contribution in [0.15, 0.2) is 29.4 Å². The Bertz CT molecular complexity index is 987. The molecule has 0 spiro atoms. The number of nitrogens with zero attached hydrogens (tertiary/aromatic N) is 3. The van der Waals surface area contributed by atoms with Gasteiger partial charge in [0.2, 0.25) is 5.16 Å². The lowest BCUT2D eigenvalue weighted by Gasteiger charge is -2.36. The number of fused-ring (bicyclic) bond motifs is 3. The van der Waals surface area contributed by atoms with E-state index in [0.29, 0.717) is 28.6 Å². The van der Waals surface area contributed by atoms with Gasteiger partial charge in [0, 0.05) is 10.9 Å². The fourth-order valence-electron chi connectivity index (χ4n) is 4.14. The Kier molecular flexibility index (Phi) is 5.53. The average molecular weight is 399 g/mol. The van der Waals surface area contributed by atoms with Gasteiger partial charge in [0.1, 0.15) is 11.6 Å². The van der Waals surface area contributed by atoms with Crippen molar-refractivity contribution in [1.29, 1.82) is 0 Å². The number of thioether (sulfide) groups is 1. The van der Waals surface area contributed by atoms with E-state index in [1.807, 2.05) is 24.3 Å². The number of carbonyl (C=O) groups is 1. The van der Waals surface area contributed by atoms with Crippen molar-refractivity contribution < 1.29 is 9.53 Å². The molecule has 1 saturated carbocycles. The molecule has 148 valence electrons. The first-order valence-corrected chi connectivity index (χ1v) is 10.9. The molecule has 7 heteroatoms. The largest absolute Gasteiger partial charge is 0.461 e. The van der Waals surface area contributed by atoms with Gasteiger partial charge in [-0.3, -0.25) is 4.79 Å². The van der Waals surface area contributed by atoms with Crippen LogP contribution in [-0.2, 0) is 9.53 Å². The lowest BCUT2D eigenvalue weighted by molar-refractivity contribution is -0.152. The highest BCUT2D eigenvalue weighted by Gasteiger charge is 2.33. The molecule has 0 amide bonds. The first-order valence-electron chi connectivity index (χ1n) is 9.94. The van der Waals surface area contributed by atoms with E-state index in [1.54, 1.807) is 0 Å². The van der Waals surface area contributed by atoms with Gasteiger partial charge in [-0.15, -0.1) is 10.2 Å².